The zero-order valence-electron chi connectivity index (χ0n) is 21.3. The van der Waals surface area contributed by atoms with Crippen molar-refractivity contribution in [2.24, 2.45) is 0 Å². The van der Waals surface area contributed by atoms with Crippen LogP contribution in [0, 0.1) is 0 Å². The van der Waals surface area contributed by atoms with E-state index in [2.05, 4.69) is 17.1 Å². The van der Waals surface area contributed by atoms with E-state index in [0.29, 0.717) is 12.2 Å². The van der Waals surface area contributed by atoms with Crippen LogP contribution in [0.3, 0.4) is 0 Å². The fraction of sp³-hybridized carbons (Fsp3) is 0.759. The van der Waals surface area contributed by atoms with Crippen LogP contribution in [-0.2, 0) is 11.2 Å². The van der Waals surface area contributed by atoms with Crippen LogP contribution in [0.1, 0.15) is 115 Å². The summed E-state index contributed by atoms with van der Waals surface area (Å²) in [5.41, 5.74) is 1.17. The molecule has 1 fully saturated rings. The van der Waals surface area contributed by atoms with Gasteiger partial charge >= 0.3 is 0 Å². The number of nitrogens with one attached hydrogen (secondary N) is 1. The molecule has 1 aliphatic rings. The third kappa shape index (κ3) is 13.7. The first-order valence-electron chi connectivity index (χ1n) is 14.0. The Kier molecular flexibility index (Phi) is 15.0. The summed E-state index contributed by atoms with van der Waals surface area (Å²) < 4.78 is 0. The largest absolute Gasteiger partial charge is 0.508 e. The molecular formula is C29H50N2O2. The molecule has 1 aromatic rings. The maximum atomic E-state index is 12.6. The number of rotatable bonds is 19. The van der Waals surface area contributed by atoms with E-state index >= 15 is 0 Å². The Morgan fingerprint density at radius 2 is 1.36 bits per heavy atom. The number of benzene rings is 1. The molecule has 2 N–H and O–H groups in total. The SMILES string of the molecule is CCCCCCCCCCCCCCCC(=O)N[C@@H](Cc1ccc(O)cc1)CN1CCCC1. The van der Waals surface area contributed by atoms with E-state index in [1.54, 1.807) is 12.1 Å². The Labute approximate surface area is 203 Å². The van der Waals surface area contributed by atoms with Gasteiger partial charge in [0.05, 0.1) is 0 Å². The lowest BCUT2D eigenvalue weighted by atomic mass is 10.0. The summed E-state index contributed by atoms with van der Waals surface area (Å²) in [6, 6.07) is 7.53. The normalized spacial score (nSPS) is 15.1. The first kappa shape index (κ1) is 27.7. The molecule has 4 nitrogen and oxygen atoms in total. The second-order valence-corrected chi connectivity index (χ2v) is 10.1. The van der Waals surface area contributed by atoms with Crippen LogP contribution in [0.2, 0.25) is 0 Å². The molecular weight excluding hydrogens is 408 g/mol. The molecule has 0 spiro atoms. The summed E-state index contributed by atoms with van der Waals surface area (Å²) in [6.07, 6.45) is 21.3. The molecule has 0 aromatic heterocycles. The van der Waals surface area contributed by atoms with Crippen LogP contribution in [0.5, 0.6) is 5.75 Å². The van der Waals surface area contributed by atoms with Crippen LogP contribution < -0.4 is 5.32 Å². The van der Waals surface area contributed by atoms with Gasteiger partial charge in [0.25, 0.3) is 0 Å². The lowest BCUT2D eigenvalue weighted by Gasteiger charge is -2.25. The summed E-state index contributed by atoms with van der Waals surface area (Å²) in [7, 11) is 0. The highest BCUT2D eigenvalue weighted by atomic mass is 16.3. The standard InChI is InChI=1S/C29H50N2O2/c1-2-3-4-5-6-7-8-9-10-11-12-13-14-17-29(33)30-27(25-31-22-15-16-23-31)24-26-18-20-28(32)21-19-26/h18-21,27,32H,2-17,22-25H2,1H3,(H,30,33)/t27-/m0/s1. The first-order valence-corrected chi connectivity index (χ1v) is 14.0. The zero-order chi connectivity index (χ0) is 23.6. The van der Waals surface area contributed by atoms with Crippen LogP contribution in [0.25, 0.3) is 0 Å². The lowest BCUT2D eigenvalue weighted by molar-refractivity contribution is -0.122. The topological polar surface area (TPSA) is 52.6 Å². The summed E-state index contributed by atoms with van der Waals surface area (Å²) in [6.45, 7) is 5.48. The summed E-state index contributed by atoms with van der Waals surface area (Å²) in [5.74, 6) is 0.488. The van der Waals surface area contributed by atoms with Crippen LogP contribution in [0.4, 0.5) is 0 Å². The molecule has 1 aromatic carbocycles. The van der Waals surface area contributed by atoms with Crippen LogP contribution >= 0.6 is 0 Å². The minimum atomic E-state index is 0.141. The van der Waals surface area contributed by atoms with Crippen molar-refractivity contribution >= 4 is 5.91 Å². The molecule has 1 amide bonds. The molecule has 2 rings (SSSR count). The van der Waals surface area contributed by atoms with Gasteiger partial charge in [0.1, 0.15) is 5.75 Å². The summed E-state index contributed by atoms with van der Waals surface area (Å²) >= 11 is 0. The van der Waals surface area contributed by atoms with Crippen LogP contribution in [-0.4, -0.2) is 41.6 Å². The van der Waals surface area contributed by atoms with Gasteiger partial charge in [-0.1, -0.05) is 96.1 Å². The fourth-order valence-corrected chi connectivity index (χ4v) is 4.96. The molecule has 33 heavy (non-hydrogen) atoms. The van der Waals surface area contributed by atoms with E-state index in [-0.39, 0.29) is 11.9 Å². The molecule has 0 aliphatic carbocycles. The highest BCUT2D eigenvalue weighted by Crippen LogP contribution is 2.15. The van der Waals surface area contributed by atoms with E-state index in [1.165, 1.54) is 95.5 Å². The van der Waals surface area contributed by atoms with Gasteiger partial charge in [0.15, 0.2) is 0 Å². The van der Waals surface area contributed by atoms with Crippen molar-refractivity contribution in [2.45, 2.75) is 122 Å². The van der Waals surface area contributed by atoms with Gasteiger partial charge in [-0.25, -0.2) is 0 Å². The molecule has 0 saturated carbocycles. The van der Waals surface area contributed by atoms with Gasteiger partial charge in [0.2, 0.25) is 5.91 Å². The molecule has 1 saturated heterocycles. The van der Waals surface area contributed by atoms with Gasteiger partial charge < -0.3 is 15.3 Å². The predicted molar refractivity (Wildman–Crippen MR) is 140 cm³/mol. The van der Waals surface area contributed by atoms with Gasteiger partial charge in [-0.3, -0.25) is 4.79 Å². The number of phenols is 1. The number of aromatic hydroxyl groups is 1. The number of carbonyl (C=O) groups is 1. The Bertz CT molecular complexity index is 611. The van der Waals surface area contributed by atoms with E-state index in [1.807, 2.05) is 12.1 Å². The van der Waals surface area contributed by atoms with E-state index in [0.717, 1.165) is 32.5 Å². The Morgan fingerprint density at radius 3 is 1.91 bits per heavy atom. The second-order valence-electron chi connectivity index (χ2n) is 10.1. The van der Waals surface area contributed by atoms with Crippen molar-refractivity contribution in [1.82, 2.24) is 10.2 Å². The molecule has 4 heteroatoms. The van der Waals surface area contributed by atoms with Crippen molar-refractivity contribution in [1.29, 1.82) is 0 Å². The van der Waals surface area contributed by atoms with Crippen molar-refractivity contribution < 1.29 is 9.90 Å². The van der Waals surface area contributed by atoms with Gasteiger partial charge in [-0.05, 0) is 56.5 Å². The summed E-state index contributed by atoms with van der Waals surface area (Å²) in [5, 5.41) is 12.8. The number of hydrogen-bond donors (Lipinski definition) is 2. The highest BCUT2D eigenvalue weighted by molar-refractivity contribution is 5.76. The molecule has 1 heterocycles. The monoisotopic (exact) mass is 458 g/mol. The maximum Gasteiger partial charge on any atom is 0.220 e. The number of carbonyl (C=O) groups excluding carboxylic acids is 1. The van der Waals surface area contributed by atoms with Crippen molar-refractivity contribution in [3.63, 3.8) is 0 Å². The third-order valence-corrected chi connectivity index (χ3v) is 6.97. The first-order chi connectivity index (χ1) is 16.2. The number of likely N-dealkylation sites (tertiary alicyclic amines) is 1. The van der Waals surface area contributed by atoms with Crippen molar-refractivity contribution in [3.05, 3.63) is 29.8 Å². The summed E-state index contributed by atoms with van der Waals surface area (Å²) in [4.78, 5) is 15.1. The van der Waals surface area contributed by atoms with Crippen molar-refractivity contribution in [2.75, 3.05) is 19.6 Å². The van der Waals surface area contributed by atoms with Gasteiger partial charge in [-0.2, -0.15) is 0 Å². The van der Waals surface area contributed by atoms with Crippen molar-refractivity contribution in [3.8, 4) is 5.75 Å². The molecule has 0 unspecified atom stereocenters. The highest BCUT2D eigenvalue weighted by Gasteiger charge is 2.19. The molecule has 0 bridgehead atoms. The van der Waals surface area contributed by atoms with E-state index in [4.69, 9.17) is 0 Å². The Balaban J connectivity index is 1.54. The number of unbranched alkanes of at least 4 members (excludes halogenated alkanes) is 12. The van der Waals surface area contributed by atoms with Gasteiger partial charge in [-0.15, -0.1) is 0 Å². The average Bonchev–Trinajstić information content (AvgIpc) is 3.31. The third-order valence-electron chi connectivity index (χ3n) is 6.97. The Morgan fingerprint density at radius 1 is 0.848 bits per heavy atom. The maximum absolute atomic E-state index is 12.6. The minimum absolute atomic E-state index is 0.141. The van der Waals surface area contributed by atoms with Crippen LogP contribution in [0.15, 0.2) is 24.3 Å². The van der Waals surface area contributed by atoms with E-state index in [9.17, 15) is 9.90 Å². The quantitative estimate of drug-likeness (QED) is 0.220. The minimum Gasteiger partial charge on any atom is -0.508 e. The second kappa shape index (κ2) is 17.9. The van der Waals surface area contributed by atoms with Gasteiger partial charge in [0, 0.05) is 19.0 Å². The predicted octanol–water partition coefficient (Wildman–Crippen LogP) is 7.00. The van der Waals surface area contributed by atoms with E-state index < -0.39 is 0 Å². The Hall–Kier alpha value is -1.55. The molecule has 0 radical (unpaired) electrons. The smallest absolute Gasteiger partial charge is 0.220 e. The number of phenolic OH excluding ortho intramolecular Hbond substituents is 1. The fourth-order valence-electron chi connectivity index (χ4n) is 4.96. The molecule has 1 atom stereocenters. The number of hydrogen-bond acceptors (Lipinski definition) is 3. The number of nitrogens with zero attached hydrogens (tertiary/aromatic N) is 1. The zero-order valence-corrected chi connectivity index (χ0v) is 21.3. The lowest BCUT2D eigenvalue weighted by Crippen LogP contribution is -2.44. The number of amides is 1. The average molecular weight is 459 g/mol. The molecule has 1 aliphatic heterocycles. The molecule has 188 valence electrons.